The molecule has 110 valence electrons. The predicted molar refractivity (Wildman–Crippen MR) is 91.5 cm³/mol. The van der Waals surface area contributed by atoms with Crippen LogP contribution in [0.2, 0.25) is 0 Å². The second kappa shape index (κ2) is 6.41. The lowest BCUT2D eigenvalue weighted by molar-refractivity contribution is 0.340. The van der Waals surface area contributed by atoms with E-state index in [4.69, 9.17) is 16.3 Å². The molecule has 3 heteroatoms. The number of halogens is 2. The topological polar surface area (TPSA) is 9.23 Å². The van der Waals surface area contributed by atoms with Gasteiger partial charge in [-0.2, -0.15) is 0 Å². The fraction of sp³-hybridized carbons (Fsp3) is 0.333. The standard InChI is InChI=1S/C18H18BrClO/c1-2-21-15-8-9-16(17(19)11-15)18(20)14-7-6-12-4-3-5-13(12)10-14/h6-11,18H,2-5H2,1H3. The summed E-state index contributed by atoms with van der Waals surface area (Å²) >= 11 is 10.3. The molecule has 0 radical (unpaired) electrons. The number of hydrogen-bond acceptors (Lipinski definition) is 1. The van der Waals surface area contributed by atoms with Crippen LogP contribution in [0.15, 0.2) is 40.9 Å². The highest BCUT2D eigenvalue weighted by Crippen LogP contribution is 2.37. The molecule has 0 aromatic heterocycles. The van der Waals surface area contributed by atoms with Crippen LogP contribution in [0.25, 0.3) is 0 Å². The molecule has 0 saturated carbocycles. The minimum absolute atomic E-state index is 0.138. The maximum Gasteiger partial charge on any atom is 0.120 e. The number of alkyl halides is 1. The highest BCUT2D eigenvalue weighted by atomic mass is 79.9. The molecule has 0 fully saturated rings. The van der Waals surface area contributed by atoms with Crippen molar-refractivity contribution in [1.29, 1.82) is 0 Å². The van der Waals surface area contributed by atoms with Gasteiger partial charge in [-0.15, -0.1) is 11.6 Å². The second-order valence-electron chi connectivity index (χ2n) is 5.36. The second-order valence-corrected chi connectivity index (χ2v) is 6.65. The van der Waals surface area contributed by atoms with Gasteiger partial charge < -0.3 is 4.74 Å². The number of hydrogen-bond donors (Lipinski definition) is 0. The Morgan fingerprint density at radius 2 is 1.95 bits per heavy atom. The van der Waals surface area contributed by atoms with Gasteiger partial charge in [0.1, 0.15) is 5.75 Å². The molecule has 21 heavy (non-hydrogen) atoms. The van der Waals surface area contributed by atoms with E-state index >= 15 is 0 Å². The van der Waals surface area contributed by atoms with E-state index in [1.165, 1.54) is 36.0 Å². The summed E-state index contributed by atoms with van der Waals surface area (Å²) in [5.74, 6) is 0.867. The van der Waals surface area contributed by atoms with E-state index in [9.17, 15) is 0 Å². The molecule has 2 aromatic rings. The largest absolute Gasteiger partial charge is 0.494 e. The van der Waals surface area contributed by atoms with Crippen LogP contribution >= 0.6 is 27.5 Å². The fourth-order valence-corrected chi connectivity index (χ4v) is 3.94. The molecular formula is C18H18BrClO. The molecular weight excluding hydrogens is 348 g/mol. The van der Waals surface area contributed by atoms with Gasteiger partial charge in [-0.25, -0.2) is 0 Å². The third-order valence-corrected chi connectivity index (χ3v) is 5.15. The summed E-state index contributed by atoms with van der Waals surface area (Å²) in [6.45, 7) is 2.65. The minimum Gasteiger partial charge on any atom is -0.494 e. The molecule has 2 aromatic carbocycles. The predicted octanol–water partition coefficient (Wildman–Crippen LogP) is 5.66. The van der Waals surface area contributed by atoms with Gasteiger partial charge in [0.05, 0.1) is 12.0 Å². The van der Waals surface area contributed by atoms with E-state index in [0.717, 1.165) is 15.8 Å². The Bertz CT molecular complexity index is 654. The van der Waals surface area contributed by atoms with Crippen molar-refractivity contribution in [2.24, 2.45) is 0 Å². The Hall–Kier alpha value is -0.990. The smallest absolute Gasteiger partial charge is 0.120 e. The Morgan fingerprint density at radius 3 is 2.71 bits per heavy atom. The normalized spacial score (nSPS) is 14.8. The van der Waals surface area contributed by atoms with E-state index in [2.05, 4.69) is 34.1 Å². The lowest BCUT2D eigenvalue weighted by Crippen LogP contribution is -1.98. The Balaban J connectivity index is 1.89. The summed E-state index contributed by atoms with van der Waals surface area (Å²) in [5.41, 5.74) is 5.19. The zero-order valence-electron chi connectivity index (χ0n) is 12.0. The van der Waals surface area contributed by atoms with E-state index < -0.39 is 0 Å². The monoisotopic (exact) mass is 364 g/mol. The first-order chi connectivity index (χ1) is 10.2. The summed E-state index contributed by atoms with van der Waals surface area (Å²) in [6, 6.07) is 12.7. The van der Waals surface area contributed by atoms with Crippen molar-refractivity contribution in [3.8, 4) is 5.75 Å². The molecule has 1 aliphatic carbocycles. The van der Waals surface area contributed by atoms with Gasteiger partial charge in [0, 0.05) is 4.47 Å². The first kappa shape index (κ1) is 14.9. The highest BCUT2D eigenvalue weighted by molar-refractivity contribution is 9.10. The van der Waals surface area contributed by atoms with Crippen LogP contribution in [-0.2, 0) is 12.8 Å². The number of ether oxygens (including phenoxy) is 1. The molecule has 3 rings (SSSR count). The Kier molecular flexibility index (Phi) is 4.56. The van der Waals surface area contributed by atoms with Crippen molar-refractivity contribution in [2.75, 3.05) is 6.61 Å². The van der Waals surface area contributed by atoms with E-state index in [1.54, 1.807) is 0 Å². The number of benzene rings is 2. The summed E-state index contributed by atoms with van der Waals surface area (Å²) in [5, 5.41) is -0.138. The molecule has 1 nitrogen and oxygen atoms in total. The van der Waals surface area contributed by atoms with Crippen LogP contribution in [0.5, 0.6) is 5.75 Å². The van der Waals surface area contributed by atoms with Crippen molar-refractivity contribution in [1.82, 2.24) is 0 Å². The quantitative estimate of drug-likeness (QED) is 0.635. The third kappa shape index (κ3) is 3.12. The molecule has 1 aliphatic rings. The van der Waals surface area contributed by atoms with Crippen LogP contribution in [0.3, 0.4) is 0 Å². The van der Waals surface area contributed by atoms with Gasteiger partial charge in [-0.1, -0.05) is 40.2 Å². The third-order valence-electron chi connectivity index (χ3n) is 3.97. The summed E-state index contributed by atoms with van der Waals surface area (Å²) < 4.78 is 6.51. The van der Waals surface area contributed by atoms with Gasteiger partial charge in [-0.3, -0.25) is 0 Å². The molecule has 1 unspecified atom stereocenters. The van der Waals surface area contributed by atoms with Gasteiger partial charge in [0.2, 0.25) is 0 Å². The van der Waals surface area contributed by atoms with Crippen molar-refractivity contribution in [2.45, 2.75) is 31.6 Å². The van der Waals surface area contributed by atoms with Gasteiger partial charge in [-0.05, 0) is 60.6 Å². The molecule has 0 heterocycles. The van der Waals surface area contributed by atoms with Gasteiger partial charge in [0.25, 0.3) is 0 Å². The number of aryl methyl sites for hydroxylation is 2. The van der Waals surface area contributed by atoms with Crippen LogP contribution in [0.4, 0.5) is 0 Å². The molecule has 1 atom stereocenters. The number of fused-ring (bicyclic) bond motifs is 1. The van der Waals surface area contributed by atoms with E-state index in [1.807, 2.05) is 25.1 Å². The molecule has 0 N–H and O–H groups in total. The average Bonchev–Trinajstić information content (AvgIpc) is 2.94. The Labute approximate surface area is 139 Å². The van der Waals surface area contributed by atoms with Crippen LogP contribution < -0.4 is 4.74 Å². The molecule has 0 bridgehead atoms. The molecule has 0 spiro atoms. The Morgan fingerprint density at radius 1 is 1.14 bits per heavy atom. The van der Waals surface area contributed by atoms with Gasteiger partial charge >= 0.3 is 0 Å². The average molecular weight is 366 g/mol. The maximum absolute atomic E-state index is 6.70. The number of rotatable bonds is 4. The highest BCUT2D eigenvalue weighted by Gasteiger charge is 2.18. The lowest BCUT2D eigenvalue weighted by Gasteiger charge is -2.15. The first-order valence-electron chi connectivity index (χ1n) is 7.37. The summed E-state index contributed by atoms with van der Waals surface area (Å²) in [4.78, 5) is 0. The van der Waals surface area contributed by atoms with E-state index in [-0.39, 0.29) is 5.38 Å². The van der Waals surface area contributed by atoms with Crippen LogP contribution in [0.1, 0.15) is 41.0 Å². The van der Waals surface area contributed by atoms with Crippen molar-refractivity contribution in [3.05, 3.63) is 63.1 Å². The van der Waals surface area contributed by atoms with Crippen molar-refractivity contribution < 1.29 is 4.74 Å². The fourth-order valence-electron chi connectivity index (χ4n) is 2.90. The van der Waals surface area contributed by atoms with Crippen LogP contribution in [0, 0.1) is 0 Å². The maximum atomic E-state index is 6.70. The van der Waals surface area contributed by atoms with Crippen molar-refractivity contribution >= 4 is 27.5 Å². The SMILES string of the molecule is CCOc1ccc(C(Cl)c2ccc3c(c2)CCC3)c(Br)c1. The summed E-state index contributed by atoms with van der Waals surface area (Å²) in [7, 11) is 0. The molecule has 0 aliphatic heterocycles. The molecule has 0 saturated heterocycles. The zero-order chi connectivity index (χ0) is 14.8. The van der Waals surface area contributed by atoms with Crippen LogP contribution in [-0.4, -0.2) is 6.61 Å². The molecule has 0 amide bonds. The zero-order valence-corrected chi connectivity index (χ0v) is 14.4. The lowest BCUT2D eigenvalue weighted by atomic mass is 10.00. The minimum atomic E-state index is -0.138. The van der Waals surface area contributed by atoms with Gasteiger partial charge in [0.15, 0.2) is 0 Å². The van der Waals surface area contributed by atoms with E-state index in [0.29, 0.717) is 6.61 Å². The first-order valence-corrected chi connectivity index (χ1v) is 8.60. The van der Waals surface area contributed by atoms with Crippen molar-refractivity contribution in [3.63, 3.8) is 0 Å². The summed E-state index contributed by atoms with van der Waals surface area (Å²) in [6.07, 6.45) is 3.64.